The maximum Gasteiger partial charge on any atom is 0.234 e. The number of rotatable bonds is 8. The molecular weight excluding hydrogens is 402 g/mol. The predicted molar refractivity (Wildman–Crippen MR) is 117 cm³/mol. The molecule has 8 nitrogen and oxygen atoms in total. The minimum Gasteiger partial charge on any atom is -0.351 e. The van der Waals surface area contributed by atoms with Crippen LogP contribution < -0.4 is 5.32 Å². The summed E-state index contributed by atoms with van der Waals surface area (Å²) in [5.74, 6) is 0.0563. The second kappa shape index (κ2) is 9.72. The minimum absolute atomic E-state index is 0.0589. The largest absolute Gasteiger partial charge is 0.351 e. The molecule has 1 aliphatic rings. The van der Waals surface area contributed by atoms with Crippen molar-refractivity contribution in [2.75, 3.05) is 38.5 Å². The van der Waals surface area contributed by atoms with Crippen molar-refractivity contribution in [3.63, 3.8) is 0 Å². The van der Waals surface area contributed by atoms with Crippen molar-refractivity contribution >= 4 is 15.9 Å². The van der Waals surface area contributed by atoms with E-state index in [0.29, 0.717) is 39.3 Å². The van der Waals surface area contributed by atoms with Gasteiger partial charge in [0.1, 0.15) is 0 Å². The highest BCUT2D eigenvalue weighted by Crippen LogP contribution is 2.15. The Balaban J connectivity index is 1.51. The predicted octanol–water partition coefficient (Wildman–Crippen LogP) is 1.13. The van der Waals surface area contributed by atoms with Crippen molar-refractivity contribution in [1.82, 2.24) is 24.3 Å². The molecule has 9 heteroatoms. The molecule has 2 aromatic rings. The van der Waals surface area contributed by atoms with Gasteiger partial charge in [-0.3, -0.25) is 14.4 Å². The maximum atomic E-state index is 12.4. The lowest BCUT2D eigenvalue weighted by Crippen LogP contribution is -2.51. The lowest BCUT2D eigenvalue weighted by Gasteiger charge is -2.33. The van der Waals surface area contributed by atoms with Gasteiger partial charge in [0.05, 0.1) is 24.5 Å². The van der Waals surface area contributed by atoms with Crippen LogP contribution in [0.1, 0.15) is 29.4 Å². The molecule has 1 saturated heterocycles. The number of aromatic nitrogens is 2. The molecule has 0 saturated carbocycles. The van der Waals surface area contributed by atoms with E-state index in [2.05, 4.69) is 22.5 Å². The second-order valence-corrected chi connectivity index (χ2v) is 9.90. The van der Waals surface area contributed by atoms with Gasteiger partial charge < -0.3 is 5.32 Å². The zero-order chi connectivity index (χ0) is 21.7. The number of carbonyl (C=O) groups is 1. The van der Waals surface area contributed by atoms with Crippen LogP contribution in [0.4, 0.5) is 0 Å². The SMILES string of the molecule is CCS(=O)(=O)N1CCN(CC(=O)NCc2c(C)nn(Cc3ccccc3)c2C)CC1. The summed E-state index contributed by atoms with van der Waals surface area (Å²) in [5.41, 5.74) is 4.19. The number of nitrogens with zero attached hydrogens (tertiary/aromatic N) is 4. The quantitative estimate of drug-likeness (QED) is 0.674. The molecule has 1 aromatic carbocycles. The molecule has 0 unspecified atom stereocenters. The van der Waals surface area contributed by atoms with E-state index in [1.807, 2.05) is 41.6 Å². The number of amides is 1. The van der Waals surface area contributed by atoms with E-state index >= 15 is 0 Å². The topological polar surface area (TPSA) is 87.5 Å². The molecule has 3 rings (SSSR count). The lowest BCUT2D eigenvalue weighted by atomic mass is 10.2. The Morgan fingerprint density at radius 2 is 1.77 bits per heavy atom. The van der Waals surface area contributed by atoms with Gasteiger partial charge in [0.25, 0.3) is 0 Å². The van der Waals surface area contributed by atoms with Crippen LogP contribution in [0.15, 0.2) is 30.3 Å². The number of benzene rings is 1. The summed E-state index contributed by atoms with van der Waals surface area (Å²) in [6.07, 6.45) is 0. The number of hydrogen-bond acceptors (Lipinski definition) is 5. The first-order valence-corrected chi connectivity index (χ1v) is 11.9. The van der Waals surface area contributed by atoms with Crippen molar-refractivity contribution in [3.05, 3.63) is 52.8 Å². The molecule has 30 heavy (non-hydrogen) atoms. The van der Waals surface area contributed by atoms with Crippen LogP contribution in [0.2, 0.25) is 0 Å². The highest BCUT2D eigenvalue weighted by atomic mass is 32.2. The molecule has 0 bridgehead atoms. The van der Waals surface area contributed by atoms with E-state index in [4.69, 9.17) is 0 Å². The fourth-order valence-electron chi connectivity index (χ4n) is 3.69. The number of aryl methyl sites for hydroxylation is 1. The highest BCUT2D eigenvalue weighted by Gasteiger charge is 2.26. The summed E-state index contributed by atoms with van der Waals surface area (Å²) in [5, 5.41) is 7.62. The third kappa shape index (κ3) is 5.47. The van der Waals surface area contributed by atoms with Crippen LogP contribution in [0.5, 0.6) is 0 Å². The second-order valence-electron chi connectivity index (χ2n) is 7.65. The molecule has 0 radical (unpaired) electrons. The molecule has 0 atom stereocenters. The van der Waals surface area contributed by atoms with Crippen LogP contribution in [0.3, 0.4) is 0 Å². The van der Waals surface area contributed by atoms with Crippen molar-refractivity contribution in [2.45, 2.75) is 33.9 Å². The van der Waals surface area contributed by atoms with Gasteiger partial charge in [-0.15, -0.1) is 0 Å². The zero-order valence-corrected chi connectivity index (χ0v) is 18.8. The third-order valence-electron chi connectivity index (χ3n) is 5.63. The monoisotopic (exact) mass is 433 g/mol. The van der Waals surface area contributed by atoms with Crippen LogP contribution in [-0.4, -0.2) is 71.8 Å². The summed E-state index contributed by atoms with van der Waals surface area (Å²) in [6, 6.07) is 10.2. The molecule has 0 spiro atoms. The Morgan fingerprint density at radius 3 is 2.40 bits per heavy atom. The molecule has 0 aliphatic carbocycles. The Labute approximate surface area is 178 Å². The van der Waals surface area contributed by atoms with Gasteiger partial charge in [0.2, 0.25) is 15.9 Å². The fraction of sp³-hybridized carbons (Fsp3) is 0.524. The number of piperazine rings is 1. The molecule has 1 amide bonds. The minimum atomic E-state index is -3.15. The molecule has 1 fully saturated rings. The summed E-state index contributed by atoms with van der Waals surface area (Å²) in [6.45, 7) is 9.07. The Kier molecular flexibility index (Phi) is 7.27. The standard InChI is InChI=1S/C21H31N5O3S/c1-4-30(28,29)25-12-10-24(11-13-25)16-21(27)22-14-20-17(2)23-26(18(20)3)15-19-8-6-5-7-9-19/h5-9H,4,10-16H2,1-3H3,(H,22,27). The summed E-state index contributed by atoms with van der Waals surface area (Å²) >= 11 is 0. The average molecular weight is 434 g/mol. The number of carbonyl (C=O) groups excluding carboxylic acids is 1. The zero-order valence-electron chi connectivity index (χ0n) is 18.0. The van der Waals surface area contributed by atoms with Crippen LogP contribution >= 0.6 is 0 Å². The normalized spacial score (nSPS) is 16.0. The fourth-order valence-corrected chi connectivity index (χ4v) is 4.78. The van der Waals surface area contributed by atoms with Gasteiger partial charge in [0.15, 0.2) is 0 Å². The smallest absolute Gasteiger partial charge is 0.234 e. The Hall–Kier alpha value is -2.23. The van der Waals surface area contributed by atoms with E-state index in [-0.39, 0.29) is 18.2 Å². The van der Waals surface area contributed by atoms with E-state index in [1.54, 1.807) is 6.92 Å². The number of hydrogen-bond donors (Lipinski definition) is 1. The van der Waals surface area contributed by atoms with Gasteiger partial charge in [-0.1, -0.05) is 30.3 Å². The van der Waals surface area contributed by atoms with E-state index in [9.17, 15) is 13.2 Å². The molecular formula is C21H31N5O3S. The third-order valence-corrected chi connectivity index (χ3v) is 7.51. The van der Waals surface area contributed by atoms with Gasteiger partial charge >= 0.3 is 0 Å². The van der Waals surface area contributed by atoms with Crippen LogP contribution in [0, 0.1) is 13.8 Å². The first-order chi connectivity index (χ1) is 14.3. The molecule has 1 aliphatic heterocycles. The molecule has 1 N–H and O–H groups in total. The van der Waals surface area contributed by atoms with Crippen molar-refractivity contribution in [3.8, 4) is 0 Å². The summed E-state index contributed by atoms with van der Waals surface area (Å²) < 4.78 is 27.4. The van der Waals surface area contributed by atoms with Crippen LogP contribution in [-0.2, 0) is 27.9 Å². The summed E-state index contributed by atoms with van der Waals surface area (Å²) in [4.78, 5) is 14.4. The molecule has 2 heterocycles. The Bertz CT molecular complexity index is 964. The lowest BCUT2D eigenvalue weighted by molar-refractivity contribution is -0.122. The van der Waals surface area contributed by atoms with E-state index in [0.717, 1.165) is 17.0 Å². The Morgan fingerprint density at radius 1 is 1.10 bits per heavy atom. The van der Waals surface area contributed by atoms with E-state index < -0.39 is 10.0 Å². The van der Waals surface area contributed by atoms with Gasteiger partial charge in [-0.2, -0.15) is 9.40 Å². The van der Waals surface area contributed by atoms with Gasteiger partial charge in [0, 0.05) is 44.0 Å². The van der Waals surface area contributed by atoms with Gasteiger partial charge in [-0.25, -0.2) is 8.42 Å². The average Bonchev–Trinajstić information content (AvgIpc) is 3.00. The molecule has 1 aromatic heterocycles. The van der Waals surface area contributed by atoms with Crippen molar-refractivity contribution < 1.29 is 13.2 Å². The maximum absolute atomic E-state index is 12.4. The van der Waals surface area contributed by atoms with E-state index in [1.165, 1.54) is 9.87 Å². The summed E-state index contributed by atoms with van der Waals surface area (Å²) in [7, 11) is -3.15. The number of sulfonamides is 1. The highest BCUT2D eigenvalue weighted by molar-refractivity contribution is 7.89. The first kappa shape index (κ1) is 22.5. The molecule has 164 valence electrons. The first-order valence-electron chi connectivity index (χ1n) is 10.3. The van der Waals surface area contributed by atoms with Crippen molar-refractivity contribution in [2.24, 2.45) is 0 Å². The van der Waals surface area contributed by atoms with Crippen molar-refractivity contribution in [1.29, 1.82) is 0 Å². The number of nitrogens with one attached hydrogen (secondary N) is 1. The van der Waals surface area contributed by atoms with Gasteiger partial charge in [-0.05, 0) is 26.3 Å². The van der Waals surface area contributed by atoms with Crippen LogP contribution in [0.25, 0.3) is 0 Å².